The van der Waals surface area contributed by atoms with Gasteiger partial charge in [0.1, 0.15) is 5.75 Å². The number of thiazole rings is 1. The third kappa shape index (κ3) is 5.45. The summed E-state index contributed by atoms with van der Waals surface area (Å²) in [5.74, 6) is 0.100. The number of anilines is 1. The third-order valence-corrected chi connectivity index (χ3v) is 5.73. The summed E-state index contributed by atoms with van der Waals surface area (Å²) in [5.41, 5.74) is 7.18. The molecule has 0 saturated carbocycles. The van der Waals surface area contributed by atoms with Crippen LogP contribution < -0.4 is 10.2 Å². The highest BCUT2D eigenvalue weighted by Crippen LogP contribution is 2.26. The number of hydrogen-bond acceptors (Lipinski definition) is 6. The monoisotopic (exact) mass is 491 g/mol. The topological polar surface area (TPSA) is 63.6 Å². The minimum Gasteiger partial charge on any atom is -0.423 e. The molecule has 3 aromatic carbocycles. The van der Waals surface area contributed by atoms with Crippen molar-refractivity contribution in [3.05, 3.63) is 99.8 Å². The van der Waals surface area contributed by atoms with Crippen molar-refractivity contribution >= 4 is 44.1 Å². The second-order valence-corrected chi connectivity index (χ2v) is 8.41. The molecule has 7 heteroatoms. The van der Waals surface area contributed by atoms with Gasteiger partial charge in [-0.3, -0.25) is 5.43 Å². The summed E-state index contributed by atoms with van der Waals surface area (Å²) in [6, 6.07) is 24.2. The van der Waals surface area contributed by atoms with Gasteiger partial charge >= 0.3 is 5.97 Å². The molecule has 0 unspecified atom stereocenters. The van der Waals surface area contributed by atoms with Gasteiger partial charge in [0, 0.05) is 15.4 Å². The van der Waals surface area contributed by atoms with E-state index in [9.17, 15) is 4.79 Å². The average Bonchev–Trinajstić information content (AvgIpc) is 3.28. The Morgan fingerprint density at radius 2 is 1.68 bits per heavy atom. The Morgan fingerprint density at radius 1 is 0.968 bits per heavy atom. The fraction of sp³-hybridized carbons (Fsp3) is 0.0417. The van der Waals surface area contributed by atoms with Gasteiger partial charge in [-0.1, -0.05) is 46.3 Å². The molecule has 0 fully saturated rings. The minimum absolute atomic E-state index is 0.384. The molecule has 4 rings (SSSR count). The lowest BCUT2D eigenvalue weighted by Crippen LogP contribution is -2.08. The lowest BCUT2D eigenvalue weighted by Gasteiger charge is -2.06. The first-order chi connectivity index (χ1) is 15.1. The number of aromatic nitrogens is 1. The van der Waals surface area contributed by atoms with Crippen molar-refractivity contribution in [3.63, 3.8) is 0 Å². The normalized spacial score (nSPS) is 11.2. The number of esters is 1. The van der Waals surface area contributed by atoms with Crippen LogP contribution in [0.4, 0.5) is 5.13 Å². The molecule has 0 amide bonds. The van der Waals surface area contributed by atoms with Gasteiger partial charge < -0.3 is 4.74 Å². The van der Waals surface area contributed by atoms with Crippen LogP contribution in [0.25, 0.3) is 11.3 Å². The Labute approximate surface area is 192 Å². The lowest BCUT2D eigenvalue weighted by atomic mass is 10.1. The van der Waals surface area contributed by atoms with Crippen molar-refractivity contribution in [1.29, 1.82) is 0 Å². The predicted molar refractivity (Wildman–Crippen MR) is 129 cm³/mol. The summed E-state index contributed by atoms with van der Waals surface area (Å²) in [6.07, 6.45) is 0. The van der Waals surface area contributed by atoms with Crippen LogP contribution in [0.1, 0.15) is 22.8 Å². The number of rotatable bonds is 6. The van der Waals surface area contributed by atoms with Crippen molar-refractivity contribution in [2.45, 2.75) is 6.92 Å². The van der Waals surface area contributed by atoms with Crippen LogP contribution in [-0.4, -0.2) is 16.7 Å². The number of nitrogens with zero attached hydrogens (tertiary/aromatic N) is 2. The zero-order valence-corrected chi connectivity index (χ0v) is 19.0. The highest BCUT2D eigenvalue weighted by molar-refractivity contribution is 9.10. The molecule has 1 N–H and O–H groups in total. The molecule has 1 heterocycles. The van der Waals surface area contributed by atoms with Crippen LogP contribution in [0.3, 0.4) is 0 Å². The van der Waals surface area contributed by atoms with Gasteiger partial charge in [-0.2, -0.15) is 5.10 Å². The number of halogens is 1. The number of hydrogen-bond donors (Lipinski definition) is 1. The number of hydrazone groups is 1. The molecule has 31 heavy (non-hydrogen) atoms. The molecular formula is C24H18BrN3O2S. The fourth-order valence-electron chi connectivity index (χ4n) is 2.78. The maximum absolute atomic E-state index is 12.1. The molecule has 1 aromatic heterocycles. The summed E-state index contributed by atoms with van der Waals surface area (Å²) in [6.45, 7) is 1.90. The zero-order valence-electron chi connectivity index (χ0n) is 16.6. The molecule has 5 nitrogen and oxygen atoms in total. The van der Waals surface area contributed by atoms with E-state index in [1.807, 2.05) is 54.8 Å². The van der Waals surface area contributed by atoms with Gasteiger partial charge in [0.25, 0.3) is 0 Å². The molecule has 154 valence electrons. The van der Waals surface area contributed by atoms with E-state index in [0.29, 0.717) is 16.4 Å². The molecule has 0 bridgehead atoms. The predicted octanol–water partition coefficient (Wildman–Crippen LogP) is 6.63. The Morgan fingerprint density at radius 3 is 2.39 bits per heavy atom. The first-order valence-electron chi connectivity index (χ1n) is 9.48. The Balaban J connectivity index is 1.38. The highest BCUT2D eigenvalue weighted by Gasteiger charge is 2.08. The number of ether oxygens (including phenoxy) is 1. The molecule has 0 atom stereocenters. The standard InChI is InChI=1S/C24H18BrN3O2S/c1-16(27-28-24-26-22(15-31-24)18-7-11-20(25)12-8-18)17-9-13-21(14-10-17)30-23(29)19-5-3-2-4-6-19/h2-15H,1H3,(H,26,28)/b27-16-. The van der Waals surface area contributed by atoms with Crippen LogP contribution in [-0.2, 0) is 0 Å². The van der Waals surface area contributed by atoms with E-state index in [1.165, 1.54) is 11.3 Å². The second-order valence-electron chi connectivity index (χ2n) is 6.63. The van der Waals surface area contributed by atoms with Crippen molar-refractivity contribution in [1.82, 2.24) is 4.98 Å². The van der Waals surface area contributed by atoms with E-state index >= 15 is 0 Å². The molecule has 0 aliphatic heterocycles. The van der Waals surface area contributed by atoms with E-state index in [1.54, 1.807) is 36.4 Å². The van der Waals surface area contributed by atoms with Gasteiger partial charge in [0.05, 0.1) is 17.0 Å². The van der Waals surface area contributed by atoms with Gasteiger partial charge in [-0.05, 0) is 61.0 Å². The Hall–Kier alpha value is -3.29. The number of carbonyl (C=O) groups excluding carboxylic acids is 1. The van der Waals surface area contributed by atoms with Crippen LogP contribution in [0.5, 0.6) is 5.75 Å². The van der Waals surface area contributed by atoms with E-state index < -0.39 is 0 Å². The van der Waals surface area contributed by atoms with Crippen LogP contribution in [0, 0.1) is 0 Å². The zero-order chi connectivity index (χ0) is 21.6. The van der Waals surface area contributed by atoms with Crippen molar-refractivity contribution in [3.8, 4) is 17.0 Å². The maximum atomic E-state index is 12.1. The molecule has 0 aliphatic carbocycles. The van der Waals surface area contributed by atoms with Crippen LogP contribution in [0.15, 0.2) is 93.8 Å². The Bertz CT molecular complexity index is 1200. The first-order valence-corrected chi connectivity index (χ1v) is 11.2. The summed E-state index contributed by atoms with van der Waals surface area (Å²) in [4.78, 5) is 16.7. The summed E-state index contributed by atoms with van der Waals surface area (Å²) >= 11 is 4.93. The summed E-state index contributed by atoms with van der Waals surface area (Å²) in [7, 11) is 0. The summed E-state index contributed by atoms with van der Waals surface area (Å²) < 4.78 is 6.44. The van der Waals surface area contributed by atoms with Gasteiger partial charge in [-0.25, -0.2) is 9.78 Å². The molecule has 4 aromatic rings. The fourth-order valence-corrected chi connectivity index (χ4v) is 3.70. The lowest BCUT2D eigenvalue weighted by molar-refractivity contribution is 0.0735. The highest BCUT2D eigenvalue weighted by atomic mass is 79.9. The summed E-state index contributed by atoms with van der Waals surface area (Å²) in [5, 5.41) is 7.13. The molecule has 0 spiro atoms. The smallest absolute Gasteiger partial charge is 0.343 e. The Kier molecular flexibility index (Phi) is 6.54. The molecule has 0 aliphatic rings. The van der Waals surface area contributed by atoms with E-state index in [4.69, 9.17) is 4.74 Å². The van der Waals surface area contributed by atoms with Crippen LogP contribution in [0.2, 0.25) is 0 Å². The third-order valence-electron chi connectivity index (χ3n) is 4.46. The number of nitrogens with one attached hydrogen (secondary N) is 1. The van der Waals surface area contributed by atoms with E-state index in [2.05, 4.69) is 31.4 Å². The number of benzene rings is 3. The maximum Gasteiger partial charge on any atom is 0.343 e. The second kappa shape index (κ2) is 9.68. The minimum atomic E-state index is -0.384. The van der Waals surface area contributed by atoms with E-state index in [-0.39, 0.29) is 5.97 Å². The first kappa shape index (κ1) is 21.0. The largest absolute Gasteiger partial charge is 0.423 e. The quantitative estimate of drug-likeness (QED) is 0.142. The van der Waals surface area contributed by atoms with Crippen molar-refractivity contribution in [2.75, 3.05) is 5.43 Å². The molecular weight excluding hydrogens is 474 g/mol. The van der Waals surface area contributed by atoms with Gasteiger partial charge in [0.15, 0.2) is 0 Å². The SMILES string of the molecule is C/C(=N/Nc1nc(-c2ccc(Br)cc2)cs1)c1ccc(OC(=O)c2ccccc2)cc1. The van der Waals surface area contributed by atoms with Crippen LogP contribution >= 0.6 is 27.3 Å². The number of carbonyl (C=O) groups is 1. The van der Waals surface area contributed by atoms with Crippen molar-refractivity contribution < 1.29 is 9.53 Å². The van der Waals surface area contributed by atoms with Crippen molar-refractivity contribution in [2.24, 2.45) is 5.10 Å². The van der Waals surface area contributed by atoms with Gasteiger partial charge in [0.2, 0.25) is 5.13 Å². The average molecular weight is 492 g/mol. The molecule has 0 saturated heterocycles. The van der Waals surface area contributed by atoms with Gasteiger partial charge in [-0.15, -0.1) is 11.3 Å². The molecule has 0 radical (unpaired) electrons. The van der Waals surface area contributed by atoms with E-state index in [0.717, 1.165) is 27.0 Å².